The quantitative estimate of drug-likeness (QED) is 0.695. The highest BCUT2D eigenvalue weighted by Gasteiger charge is 2.51. The predicted molar refractivity (Wildman–Crippen MR) is 85.9 cm³/mol. The third-order valence-corrected chi connectivity index (χ3v) is 6.73. The maximum Gasteiger partial charge on any atom is 0.223 e. The van der Waals surface area contributed by atoms with E-state index in [0.29, 0.717) is 11.3 Å². The van der Waals surface area contributed by atoms with Gasteiger partial charge in [0, 0.05) is 25.8 Å². The van der Waals surface area contributed by atoms with Crippen molar-refractivity contribution >= 4 is 17.7 Å². The van der Waals surface area contributed by atoms with Crippen LogP contribution < -0.4 is 0 Å². The minimum absolute atomic E-state index is 0.363. The van der Waals surface area contributed by atoms with Crippen molar-refractivity contribution in [2.45, 2.75) is 51.9 Å². The predicted octanol–water partition coefficient (Wildman–Crippen LogP) is 3.80. The van der Waals surface area contributed by atoms with Gasteiger partial charge in [-0.15, -0.1) is 0 Å². The fourth-order valence-corrected chi connectivity index (χ4v) is 6.18. The second kappa shape index (κ2) is 5.90. The molecule has 0 N–H and O–H groups in total. The molecule has 0 unspecified atom stereocenters. The molecule has 4 fully saturated rings. The summed E-state index contributed by atoms with van der Waals surface area (Å²) in [6, 6.07) is 0. The van der Waals surface area contributed by atoms with Crippen LogP contribution >= 0.6 is 11.8 Å². The van der Waals surface area contributed by atoms with Crippen LogP contribution in [0.1, 0.15) is 51.9 Å². The summed E-state index contributed by atoms with van der Waals surface area (Å²) in [5, 5.41) is 0. The Bertz CT molecular complexity index is 333. The highest BCUT2D eigenvalue weighted by molar-refractivity contribution is 7.99. The fraction of sp³-hybridized carbons (Fsp3) is 0.941. The van der Waals surface area contributed by atoms with Gasteiger partial charge in [0.25, 0.3) is 0 Å². The molecule has 0 heterocycles. The van der Waals surface area contributed by atoms with Crippen molar-refractivity contribution in [3.8, 4) is 0 Å². The van der Waals surface area contributed by atoms with Gasteiger partial charge in [0.2, 0.25) is 5.91 Å². The Labute approximate surface area is 128 Å². The Morgan fingerprint density at radius 3 is 2.20 bits per heavy atom. The van der Waals surface area contributed by atoms with Crippen molar-refractivity contribution in [1.82, 2.24) is 4.90 Å². The zero-order chi connectivity index (χ0) is 14.2. The van der Waals surface area contributed by atoms with E-state index in [-0.39, 0.29) is 0 Å². The molecule has 4 aliphatic carbocycles. The fourth-order valence-electron chi connectivity index (χ4n) is 5.57. The Morgan fingerprint density at radius 1 is 1.15 bits per heavy atom. The lowest BCUT2D eigenvalue weighted by molar-refractivity contribution is -0.134. The minimum Gasteiger partial charge on any atom is -0.345 e. The van der Waals surface area contributed by atoms with Crippen molar-refractivity contribution in [2.75, 3.05) is 25.1 Å². The largest absolute Gasteiger partial charge is 0.345 e. The van der Waals surface area contributed by atoms with Crippen LogP contribution in [0.4, 0.5) is 0 Å². The molecular formula is C17H29NOS. The molecule has 2 nitrogen and oxygen atoms in total. The summed E-state index contributed by atoms with van der Waals surface area (Å²) in [6.07, 6.45) is 9.40. The highest BCUT2D eigenvalue weighted by Crippen LogP contribution is 2.60. The summed E-state index contributed by atoms with van der Waals surface area (Å²) in [5.41, 5.74) is 0.497. The number of rotatable bonds is 6. The van der Waals surface area contributed by atoms with Crippen LogP contribution in [0.2, 0.25) is 0 Å². The summed E-state index contributed by atoms with van der Waals surface area (Å²) < 4.78 is 0. The molecule has 0 aromatic rings. The van der Waals surface area contributed by atoms with E-state index in [0.717, 1.165) is 42.2 Å². The topological polar surface area (TPSA) is 20.3 Å². The van der Waals surface area contributed by atoms with E-state index in [2.05, 4.69) is 11.8 Å². The smallest absolute Gasteiger partial charge is 0.223 e. The molecule has 0 radical (unpaired) electrons. The van der Waals surface area contributed by atoms with Gasteiger partial charge in [-0.25, -0.2) is 0 Å². The lowest BCUT2D eigenvalue weighted by Gasteiger charge is -2.57. The minimum atomic E-state index is 0.363. The molecule has 0 spiro atoms. The standard InChI is InChI=1S/C17H29NOS/c1-3-20-5-4-16(19)18(2)12-17-9-13-6-14(10-17)8-15(7-13)11-17/h13-15H,3-12H2,1-2H3. The highest BCUT2D eigenvalue weighted by atomic mass is 32.2. The molecule has 114 valence electrons. The number of hydrogen-bond acceptors (Lipinski definition) is 2. The van der Waals surface area contributed by atoms with E-state index in [1.807, 2.05) is 18.8 Å². The van der Waals surface area contributed by atoms with E-state index in [9.17, 15) is 4.79 Å². The maximum absolute atomic E-state index is 12.3. The zero-order valence-corrected chi connectivity index (χ0v) is 13.9. The molecule has 1 amide bonds. The molecule has 20 heavy (non-hydrogen) atoms. The van der Waals surface area contributed by atoms with E-state index < -0.39 is 0 Å². The number of amides is 1. The Hall–Kier alpha value is -0.180. The lowest BCUT2D eigenvalue weighted by Crippen LogP contribution is -2.51. The molecule has 3 heteroatoms. The van der Waals surface area contributed by atoms with Gasteiger partial charge < -0.3 is 4.90 Å². The molecule has 4 bridgehead atoms. The van der Waals surface area contributed by atoms with Gasteiger partial charge in [-0.1, -0.05) is 6.92 Å². The molecule has 4 rings (SSSR count). The molecule has 0 aromatic carbocycles. The monoisotopic (exact) mass is 295 g/mol. The third-order valence-electron chi connectivity index (χ3n) is 5.83. The van der Waals surface area contributed by atoms with Crippen molar-refractivity contribution in [3.05, 3.63) is 0 Å². The summed E-state index contributed by atoms with van der Waals surface area (Å²) in [5.74, 6) is 5.43. The summed E-state index contributed by atoms with van der Waals surface area (Å²) >= 11 is 1.88. The Morgan fingerprint density at radius 2 is 1.70 bits per heavy atom. The van der Waals surface area contributed by atoms with Crippen LogP contribution in [0.15, 0.2) is 0 Å². The van der Waals surface area contributed by atoms with Gasteiger partial charge in [-0.05, 0) is 67.4 Å². The second-order valence-corrected chi connectivity index (χ2v) is 9.01. The average molecular weight is 295 g/mol. The zero-order valence-electron chi connectivity index (χ0n) is 13.1. The number of carbonyl (C=O) groups is 1. The third kappa shape index (κ3) is 3.03. The van der Waals surface area contributed by atoms with E-state index in [1.165, 1.54) is 38.5 Å². The molecule has 0 saturated heterocycles. The molecule has 4 aliphatic rings. The average Bonchev–Trinajstić information content (AvgIpc) is 2.36. The van der Waals surface area contributed by atoms with Crippen molar-refractivity contribution in [3.63, 3.8) is 0 Å². The molecule has 0 aliphatic heterocycles. The van der Waals surface area contributed by atoms with Crippen LogP contribution in [0.5, 0.6) is 0 Å². The first-order valence-corrected chi connectivity index (χ1v) is 9.57. The number of thioether (sulfide) groups is 1. The number of hydrogen-bond donors (Lipinski definition) is 0. The molecule has 4 saturated carbocycles. The molecule has 0 atom stereocenters. The summed E-state index contributed by atoms with van der Waals surface area (Å²) in [7, 11) is 2.04. The number of carbonyl (C=O) groups excluding carboxylic acids is 1. The van der Waals surface area contributed by atoms with Crippen LogP contribution in [0.25, 0.3) is 0 Å². The lowest BCUT2D eigenvalue weighted by atomic mass is 9.49. The maximum atomic E-state index is 12.3. The van der Waals surface area contributed by atoms with E-state index in [4.69, 9.17) is 0 Å². The first-order chi connectivity index (χ1) is 9.60. The van der Waals surface area contributed by atoms with E-state index >= 15 is 0 Å². The SMILES string of the molecule is CCSCCC(=O)N(C)CC12CC3CC(CC(C3)C1)C2. The van der Waals surface area contributed by atoms with Crippen LogP contribution in [0, 0.1) is 23.2 Å². The van der Waals surface area contributed by atoms with Crippen LogP contribution in [0.3, 0.4) is 0 Å². The van der Waals surface area contributed by atoms with Crippen molar-refractivity contribution in [1.29, 1.82) is 0 Å². The van der Waals surface area contributed by atoms with Crippen molar-refractivity contribution < 1.29 is 4.79 Å². The van der Waals surface area contributed by atoms with Gasteiger partial charge in [0.1, 0.15) is 0 Å². The van der Waals surface area contributed by atoms with Gasteiger partial charge >= 0.3 is 0 Å². The summed E-state index contributed by atoms with van der Waals surface area (Å²) in [4.78, 5) is 14.3. The Balaban J connectivity index is 1.55. The summed E-state index contributed by atoms with van der Waals surface area (Å²) in [6.45, 7) is 3.19. The first-order valence-electron chi connectivity index (χ1n) is 8.42. The molecule has 0 aromatic heterocycles. The second-order valence-electron chi connectivity index (χ2n) is 7.61. The van der Waals surface area contributed by atoms with Crippen LogP contribution in [-0.4, -0.2) is 35.9 Å². The van der Waals surface area contributed by atoms with E-state index in [1.54, 1.807) is 0 Å². The van der Waals surface area contributed by atoms with Gasteiger partial charge in [0.05, 0.1) is 0 Å². The van der Waals surface area contributed by atoms with Crippen molar-refractivity contribution in [2.24, 2.45) is 23.2 Å². The number of nitrogens with zero attached hydrogens (tertiary/aromatic N) is 1. The van der Waals surface area contributed by atoms with Crippen LogP contribution in [-0.2, 0) is 4.79 Å². The van der Waals surface area contributed by atoms with Gasteiger partial charge in [-0.2, -0.15) is 11.8 Å². The van der Waals surface area contributed by atoms with Gasteiger partial charge in [0.15, 0.2) is 0 Å². The van der Waals surface area contributed by atoms with Gasteiger partial charge in [-0.3, -0.25) is 4.79 Å². The Kier molecular flexibility index (Phi) is 4.35. The first kappa shape index (κ1) is 14.7. The normalized spacial score (nSPS) is 38.2. The molecular weight excluding hydrogens is 266 g/mol.